The summed E-state index contributed by atoms with van der Waals surface area (Å²) >= 11 is 0. The van der Waals surface area contributed by atoms with Gasteiger partial charge in [-0.2, -0.15) is 0 Å². The molecule has 0 radical (unpaired) electrons. The average Bonchev–Trinajstić information content (AvgIpc) is 2.62. The third-order valence-electron chi connectivity index (χ3n) is 2.63. The molecule has 1 aromatic heterocycles. The molecule has 1 heterocycles. The average molecular weight is 208 g/mol. The van der Waals surface area contributed by atoms with Crippen LogP contribution in [-0.4, -0.2) is 10.6 Å². The molecule has 0 aliphatic carbocycles. The van der Waals surface area contributed by atoms with Gasteiger partial charge in [0.2, 0.25) is 0 Å². The summed E-state index contributed by atoms with van der Waals surface area (Å²) in [6, 6.07) is 3.21. The van der Waals surface area contributed by atoms with Gasteiger partial charge in [0, 0.05) is 31.0 Å². The predicted molar refractivity (Wildman–Crippen MR) is 66.0 cm³/mol. The maximum Gasteiger partial charge on any atom is 0.0309 e. The lowest BCUT2D eigenvalue weighted by atomic mass is 10.1. The molecule has 0 fully saturated rings. The molecule has 1 aromatic rings. The zero-order valence-corrected chi connectivity index (χ0v) is 10.5. The SMILES string of the molecule is CCCCn1ccc([C@H](C)NC(C)C)c1. The van der Waals surface area contributed by atoms with Crippen molar-refractivity contribution in [3.8, 4) is 0 Å². The minimum atomic E-state index is 0.452. The van der Waals surface area contributed by atoms with E-state index in [9.17, 15) is 0 Å². The van der Waals surface area contributed by atoms with Gasteiger partial charge in [0.05, 0.1) is 0 Å². The Balaban J connectivity index is 2.51. The third kappa shape index (κ3) is 4.08. The summed E-state index contributed by atoms with van der Waals surface area (Å²) in [6.07, 6.45) is 6.96. The van der Waals surface area contributed by atoms with E-state index in [4.69, 9.17) is 0 Å². The number of rotatable bonds is 6. The quantitative estimate of drug-likeness (QED) is 0.758. The van der Waals surface area contributed by atoms with Crippen LogP contribution in [0.1, 0.15) is 52.1 Å². The highest BCUT2D eigenvalue weighted by atomic mass is 15.0. The molecule has 0 aliphatic rings. The fraction of sp³-hybridized carbons (Fsp3) is 0.692. The van der Waals surface area contributed by atoms with Crippen LogP contribution < -0.4 is 5.32 Å². The summed E-state index contributed by atoms with van der Waals surface area (Å²) in [6.45, 7) is 9.97. The molecule has 0 saturated carbocycles. The third-order valence-corrected chi connectivity index (χ3v) is 2.63. The Bertz CT molecular complexity index is 276. The van der Waals surface area contributed by atoms with Crippen molar-refractivity contribution in [2.75, 3.05) is 0 Å². The molecule has 86 valence electrons. The molecule has 0 aliphatic heterocycles. The van der Waals surface area contributed by atoms with Crippen LogP contribution in [0.25, 0.3) is 0 Å². The lowest BCUT2D eigenvalue weighted by Crippen LogP contribution is -2.25. The maximum absolute atomic E-state index is 3.52. The fourth-order valence-electron chi connectivity index (χ4n) is 1.79. The molecule has 1 rings (SSSR count). The maximum atomic E-state index is 3.52. The van der Waals surface area contributed by atoms with E-state index in [0.717, 1.165) is 6.54 Å². The topological polar surface area (TPSA) is 17.0 Å². The van der Waals surface area contributed by atoms with E-state index in [1.165, 1.54) is 18.4 Å². The normalized spacial score (nSPS) is 13.4. The van der Waals surface area contributed by atoms with Crippen molar-refractivity contribution in [3.05, 3.63) is 24.0 Å². The zero-order chi connectivity index (χ0) is 11.3. The van der Waals surface area contributed by atoms with Crippen LogP contribution in [0.4, 0.5) is 0 Å². The van der Waals surface area contributed by atoms with Crippen LogP contribution in [-0.2, 0) is 6.54 Å². The highest BCUT2D eigenvalue weighted by molar-refractivity contribution is 5.14. The first-order chi connectivity index (χ1) is 7.13. The molecule has 0 bridgehead atoms. The molecule has 0 amide bonds. The van der Waals surface area contributed by atoms with Crippen molar-refractivity contribution >= 4 is 0 Å². The van der Waals surface area contributed by atoms with E-state index < -0.39 is 0 Å². The van der Waals surface area contributed by atoms with Gasteiger partial charge < -0.3 is 9.88 Å². The Morgan fingerprint density at radius 1 is 1.33 bits per heavy atom. The van der Waals surface area contributed by atoms with E-state index in [-0.39, 0.29) is 0 Å². The number of aromatic nitrogens is 1. The van der Waals surface area contributed by atoms with Crippen LogP contribution in [0.2, 0.25) is 0 Å². The smallest absolute Gasteiger partial charge is 0.0309 e. The summed E-state index contributed by atoms with van der Waals surface area (Å²) in [4.78, 5) is 0. The summed E-state index contributed by atoms with van der Waals surface area (Å²) in [5.74, 6) is 0. The van der Waals surface area contributed by atoms with E-state index in [2.05, 4.69) is 56.0 Å². The molecule has 0 spiro atoms. The van der Waals surface area contributed by atoms with Gasteiger partial charge in [0.15, 0.2) is 0 Å². The lowest BCUT2D eigenvalue weighted by molar-refractivity contribution is 0.505. The number of nitrogens with zero attached hydrogens (tertiary/aromatic N) is 1. The number of unbranched alkanes of at least 4 members (excludes halogenated alkanes) is 1. The van der Waals surface area contributed by atoms with Crippen LogP contribution >= 0.6 is 0 Å². The number of nitrogens with one attached hydrogen (secondary N) is 1. The van der Waals surface area contributed by atoms with Crippen molar-refractivity contribution in [1.82, 2.24) is 9.88 Å². The predicted octanol–water partition coefficient (Wildman–Crippen LogP) is 3.35. The Hall–Kier alpha value is -0.760. The summed E-state index contributed by atoms with van der Waals surface area (Å²) in [5.41, 5.74) is 1.39. The second-order valence-corrected chi connectivity index (χ2v) is 4.58. The molecule has 2 nitrogen and oxygen atoms in total. The molecule has 2 heteroatoms. The van der Waals surface area contributed by atoms with Crippen molar-refractivity contribution < 1.29 is 0 Å². The van der Waals surface area contributed by atoms with Crippen molar-refractivity contribution in [3.63, 3.8) is 0 Å². The number of hydrogen-bond donors (Lipinski definition) is 1. The van der Waals surface area contributed by atoms with Gasteiger partial charge in [0.1, 0.15) is 0 Å². The Morgan fingerprint density at radius 2 is 2.07 bits per heavy atom. The van der Waals surface area contributed by atoms with Crippen molar-refractivity contribution in [1.29, 1.82) is 0 Å². The molecule has 0 saturated heterocycles. The first-order valence-electron chi connectivity index (χ1n) is 6.05. The largest absolute Gasteiger partial charge is 0.354 e. The molecule has 1 atom stereocenters. The molecule has 0 unspecified atom stereocenters. The number of hydrogen-bond acceptors (Lipinski definition) is 1. The van der Waals surface area contributed by atoms with E-state index in [1.54, 1.807) is 0 Å². The zero-order valence-electron chi connectivity index (χ0n) is 10.5. The fourth-order valence-corrected chi connectivity index (χ4v) is 1.79. The first-order valence-corrected chi connectivity index (χ1v) is 6.05. The molecular formula is C13H24N2. The highest BCUT2D eigenvalue weighted by Gasteiger charge is 2.07. The summed E-state index contributed by atoms with van der Waals surface area (Å²) in [7, 11) is 0. The van der Waals surface area contributed by atoms with Crippen molar-refractivity contribution in [2.24, 2.45) is 0 Å². The lowest BCUT2D eigenvalue weighted by Gasteiger charge is -2.15. The van der Waals surface area contributed by atoms with Gasteiger partial charge in [0.25, 0.3) is 0 Å². The van der Waals surface area contributed by atoms with Crippen LogP contribution in [0.3, 0.4) is 0 Å². The van der Waals surface area contributed by atoms with Crippen molar-refractivity contribution in [2.45, 2.75) is 59.2 Å². The van der Waals surface area contributed by atoms with Gasteiger partial charge in [-0.25, -0.2) is 0 Å². The second kappa shape index (κ2) is 5.96. The summed E-state index contributed by atoms with van der Waals surface area (Å²) < 4.78 is 2.29. The molecular weight excluding hydrogens is 184 g/mol. The van der Waals surface area contributed by atoms with E-state index in [1.807, 2.05) is 0 Å². The Labute approximate surface area is 93.7 Å². The second-order valence-electron chi connectivity index (χ2n) is 4.58. The molecule has 0 aromatic carbocycles. The molecule has 1 N–H and O–H groups in total. The summed E-state index contributed by atoms with van der Waals surface area (Å²) in [5, 5.41) is 3.52. The van der Waals surface area contributed by atoms with E-state index >= 15 is 0 Å². The Morgan fingerprint density at radius 3 is 2.67 bits per heavy atom. The van der Waals surface area contributed by atoms with Gasteiger partial charge in [-0.15, -0.1) is 0 Å². The monoisotopic (exact) mass is 208 g/mol. The van der Waals surface area contributed by atoms with Crippen LogP contribution in [0, 0.1) is 0 Å². The minimum Gasteiger partial charge on any atom is -0.354 e. The minimum absolute atomic E-state index is 0.452. The molecule has 15 heavy (non-hydrogen) atoms. The van der Waals surface area contributed by atoms with Gasteiger partial charge in [-0.3, -0.25) is 0 Å². The highest BCUT2D eigenvalue weighted by Crippen LogP contribution is 2.13. The van der Waals surface area contributed by atoms with E-state index in [0.29, 0.717) is 12.1 Å². The van der Waals surface area contributed by atoms with Gasteiger partial charge >= 0.3 is 0 Å². The first kappa shape index (κ1) is 12.3. The van der Waals surface area contributed by atoms with Gasteiger partial charge in [-0.1, -0.05) is 27.2 Å². The van der Waals surface area contributed by atoms with Crippen LogP contribution in [0.15, 0.2) is 18.5 Å². The van der Waals surface area contributed by atoms with Crippen LogP contribution in [0.5, 0.6) is 0 Å². The van der Waals surface area contributed by atoms with Gasteiger partial charge in [-0.05, 0) is 25.0 Å². The number of aryl methyl sites for hydroxylation is 1. The Kier molecular flexibility index (Phi) is 4.89. The standard InChI is InChI=1S/C13H24N2/c1-5-6-8-15-9-7-13(10-15)12(4)14-11(2)3/h7,9-12,14H,5-6,8H2,1-4H3/t12-/m0/s1.